The van der Waals surface area contributed by atoms with Crippen LogP contribution in [-0.4, -0.2) is 24.3 Å². The summed E-state index contributed by atoms with van der Waals surface area (Å²) in [7, 11) is 0. The molecule has 0 radical (unpaired) electrons. The Balaban J connectivity index is 1.50. The number of rotatable bonds is 5. The van der Waals surface area contributed by atoms with Gasteiger partial charge in [-0.2, -0.15) is 5.10 Å². The summed E-state index contributed by atoms with van der Waals surface area (Å²) < 4.78 is 11.2. The second-order valence-corrected chi connectivity index (χ2v) is 5.72. The number of ether oxygens (including phenoxy) is 2. The largest absolute Gasteiger partial charge is 0.485 e. The molecule has 1 aliphatic rings. The van der Waals surface area contributed by atoms with Crippen LogP contribution in [0.4, 0.5) is 0 Å². The van der Waals surface area contributed by atoms with Crippen LogP contribution in [0.1, 0.15) is 12.5 Å². The molecule has 0 saturated heterocycles. The molecule has 0 fully saturated rings. The van der Waals surface area contributed by atoms with Crippen molar-refractivity contribution in [1.82, 2.24) is 5.43 Å². The van der Waals surface area contributed by atoms with Crippen molar-refractivity contribution in [2.45, 2.75) is 13.0 Å². The lowest BCUT2D eigenvalue weighted by molar-refractivity contribution is -0.130. The fourth-order valence-corrected chi connectivity index (χ4v) is 2.33. The highest BCUT2D eigenvalue weighted by atomic mass is 16.6. The highest BCUT2D eigenvalue weighted by Gasteiger charge is 2.26. The molecule has 1 amide bonds. The maximum absolute atomic E-state index is 12.2. The number of fused-ring (bicyclic) bond motifs is 1. The highest BCUT2D eigenvalue weighted by Crippen LogP contribution is 2.30. The molecule has 5 nitrogen and oxygen atoms in total. The van der Waals surface area contributed by atoms with Crippen molar-refractivity contribution in [3.05, 3.63) is 78.4 Å². The first-order valence-electron chi connectivity index (χ1n) is 8.35. The van der Waals surface area contributed by atoms with Gasteiger partial charge in [0, 0.05) is 0 Å². The molecule has 0 bridgehead atoms. The number of carbonyl (C=O) groups is 1. The van der Waals surface area contributed by atoms with Crippen LogP contribution in [0.15, 0.2) is 77.9 Å². The van der Waals surface area contributed by atoms with Crippen molar-refractivity contribution in [2.24, 2.45) is 5.10 Å². The van der Waals surface area contributed by atoms with Gasteiger partial charge in [-0.3, -0.25) is 4.79 Å². The van der Waals surface area contributed by atoms with Gasteiger partial charge in [0.15, 0.2) is 11.5 Å². The van der Waals surface area contributed by atoms with Crippen LogP contribution in [0.5, 0.6) is 11.5 Å². The molecule has 5 heteroatoms. The van der Waals surface area contributed by atoms with E-state index < -0.39 is 6.10 Å². The predicted molar refractivity (Wildman–Crippen MR) is 102 cm³/mol. The monoisotopic (exact) mass is 348 g/mol. The van der Waals surface area contributed by atoms with E-state index in [2.05, 4.69) is 10.5 Å². The van der Waals surface area contributed by atoms with Crippen molar-refractivity contribution in [3.63, 3.8) is 0 Å². The lowest BCUT2D eigenvalue weighted by Gasteiger charge is -2.24. The lowest BCUT2D eigenvalue weighted by Crippen LogP contribution is -2.42. The Morgan fingerprint density at radius 1 is 1.08 bits per heavy atom. The Morgan fingerprint density at radius 2 is 1.81 bits per heavy atom. The van der Waals surface area contributed by atoms with E-state index in [0.29, 0.717) is 17.2 Å². The summed E-state index contributed by atoms with van der Waals surface area (Å²) >= 11 is 0. The van der Waals surface area contributed by atoms with E-state index in [1.807, 2.05) is 66.8 Å². The molecule has 1 N–H and O–H groups in total. The SMILES string of the molecule is CC(/C=C/C=C/c1ccccc1)=N/NC(=O)C1COc2ccccc2O1. The number of hydrogen-bond acceptors (Lipinski definition) is 4. The Bertz CT molecular complexity index is 841. The molecule has 0 spiro atoms. The molecule has 1 unspecified atom stereocenters. The summed E-state index contributed by atoms with van der Waals surface area (Å²) in [6.45, 7) is 1.97. The highest BCUT2D eigenvalue weighted by molar-refractivity contribution is 5.94. The van der Waals surface area contributed by atoms with Crippen LogP contribution < -0.4 is 14.9 Å². The van der Waals surface area contributed by atoms with Gasteiger partial charge in [-0.1, -0.05) is 60.7 Å². The zero-order chi connectivity index (χ0) is 18.2. The van der Waals surface area contributed by atoms with Crippen LogP contribution in [0.3, 0.4) is 0 Å². The van der Waals surface area contributed by atoms with Crippen LogP contribution in [0.2, 0.25) is 0 Å². The number of nitrogens with one attached hydrogen (secondary N) is 1. The molecule has 1 atom stereocenters. The van der Waals surface area contributed by atoms with Crippen LogP contribution >= 0.6 is 0 Å². The first-order valence-corrected chi connectivity index (χ1v) is 8.35. The van der Waals surface area contributed by atoms with E-state index in [9.17, 15) is 4.79 Å². The zero-order valence-electron chi connectivity index (χ0n) is 14.5. The standard InChI is InChI=1S/C21H20N2O3/c1-16(9-5-6-12-17-10-3-2-4-11-17)22-23-21(24)20-15-25-18-13-7-8-14-19(18)26-20/h2-14,20H,15H2,1H3,(H,23,24)/b9-5+,12-6+,22-16-. The maximum Gasteiger partial charge on any atom is 0.284 e. The van der Waals surface area contributed by atoms with E-state index in [0.717, 1.165) is 5.56 Å². The number of amides is 1. The number of carbonyl (C=O) groups excluding carboxylic acids is 1. The summed E-state index contributed by atoms with van der Waals surface area (Å²) in [5.74, 6) is 0.863. The molecule has 2 aromatic carbocycles. The molecule has 1 heterocycles. The third-order valence-electron chi connectivity index (χ3n) is 3.68. The van der Waals surface area contributed by atoms with Gasteiger partial charge in [-0.05, 0) is 30.7 Å². The van der Waals surface area contributed by atoms with Crippen molar-refractivity contribution < 1.29 is 14.3 Å². The third-order valence-corrected chi connectivity index (χ3v) is 3.68. The van der Waals surface area contributed by atoms with Gasteiger partial charge in [-0.15, -0.1) is 0 Å². The molecule has 1 aliphatic heterocycles. The number of para-hydroxylation sites is 2. The van der Waals surface area contributed by atoms with Gasteiger partial charge >= 0.3 is 0 Å². The number of hydrogen-bond donors (Lipinski definition) is 1. The van der Waals surface area contributed by atoms with Crippen molar-refractivity contribution in [3.8, 4) is 11.5 Å². The number of allylic oxidation sites excluding steroid dienone is 3. The van der Waals surface area contributed by atoms with Crippen LogP contribution in [0.25, 0.3) is 6.08 Å². The third kappa shape index (κ3) is 4.83. The molecule has 26 heavy (non-hydrogen) atoms. The molecule has 3 rings (SSSR count). The summed E-state index contributed by atoms with van der Waals surface area (Å²) in [6, 6.07) is 17.3. The summed E-state index contributed by atoms with van der Waals surface area (Å²) in [5, 5.41) is 4.06. The van der Waals surface area contributed by atoms with E-state index in [4.69, 9.17) is 9.47 Å². The van der Waals surface area contributed by atoms with E-state index in [1.54, 1.807) is 19.1 Å². The van der Waals surface area contributed by atoms with Crippen LogP contribution in [-0.2, 0) is 4.79 Å². The molecule has 0 aromatic heterocycles. The quantitative estimate of drug-likeness (QED) is 0.510. The zero-order valence-corrected chi connectivity index (χ0v) is 14.5. The summed E-state index contributed by atoms with van der Waals surface area (Å²) in [5.41, 5.74) is 4.30. The fourth-order valence-electron chi connectivity index (χ4n) is 2.33. The molecule has 0 aliphatic carbocycles. The molecule has 0 saturated carbocycles. The van der Waals surface area contributed by atoms with Crippen molar-refractivity contribution in [2.75, 3.05) is 6.61 Å². The average Bonchev–Trinajstić information content (AvgIpc) is 2.70. The van der Waals surface area contributed by atoms with E-state index in [-0.39, 0.29) is 12.5 Å². The topological polar surface area (TPSA) is 59.9 Å². The van der Waals surface area contributed by atoms with Gasteiger partial charge in [0.05, 0.1) is 5.71 Å². The summed E-state index contributed by atoms with van der Waals surface area (Å²) in [6.07, 6.45) is 6.88. The fraction of sp³-hybridized carbons (Fsp3) is 0.143. The molecule has 2 aromatic rings. The Hall–Kier alpha value is -3.34. The minimum Gasteiger partial charge on any atom is -0.485 e. The normalized spacial score (nSPS) is 16.8. The van der Waals surface area contributed by atoms with Gasteiger partial charge in [0.2, 0.25) is 6.10 Å². The van der Waals surface area contributed by atoms with E-state index in [1.165, 1.54) is 0 Å². The summed E-state index contributed by atoms with van der Waals surface area (Å²) in [4.78, 5) is 12.2. The lowest BCUT2D eigenvalue weighted by atomic mass is 10.2. The van der Waals surface area contributed by atoms with Crippen molar-refractivity contribution in [1.29, 1.82) is 0 Å². The second kappa shape index (κ2) is 8.67. The Labute approximate surface area is 152 Å². The smallest absolute Gasteiger partial charge is 0.284 e. The van der Waals surface area contributed by atoms with E-state index >= 15 is 0 Å². The first kappa shape index (κ1) is 17.5. The number of hydrazone groups is 1. The van der Waals surface area contributed by atoms with Gasteiger partial charge < -0.3 is 9.47 Å². The van der Waals surface area contributed by atoms with Gasteiger partial charge in [0.1, 0.15) is 6.61 Å². The maximum atomic E-state index is 12.2. The Kier molecular flexibility index (Phi) is 5.83. The molecular weight excluding hydrogens is 328 g/mol. The predicted octanol–water partition coefficient (Wildman–Crippen LogP) is 3.59. The van der Waals surface area contributed by atoms with Gasteiger partial charge in [0.25, 0.3) is 5.91 Å². The van der Waals surface area contributed by atoms with Crippen molar-refractivity contribution >= 4 is 17.7 Å². The molecule has 132 valence electrons. The second-order valence-electron chi connectivity index (χ2n) is 5.72. The van der Waals surface area contributed by atoms with Gasteiger partial charge in [-0.25, -0.2) is 5.43 Å². The first-order chi connectivity index (χ1) is 12.7. The number of benzene rings is 2. The minimum atomic E-state index is -0.719. The number of nitrogens with zero attached hydrogens (tertiary/aromatic N) is 1. The average molecular weight is 348 g/mol. The minimum absolute atomic E-state index is 0.160. The van der Waals surface area contributed by atoms with Crippen LogP contribution in [0, 0.1) is 0 Å². The Morgan fingerprint density at radius 3 is 2.62 bits per heavy atom. The molecular formula is C21H20N2O3.